The first-order valence-electron chi connectivity index (χ1n) is 10.5. The number of amides is 3. The minimum Gasteiger partial charge on any atom is -0.492 e. The number of ether oxygens (including phenoxy) is 1. The van der Waals surface area contributed by atoms with E-state index in [4.69, 9.17) is 4.74 Å². The van der Waals surface area contributed by atoms with Crippen LogP contribution in [0.1, 0.15) is 30.1 Å². The zero-order valence-corrected chi connectivity index (χ0v) is 18.3. The second-order valence-corrected chi connectivity index (χ2v) is 9.06. The highest BCUT2D eigenvalue weighted by Crippen LogP contribution is 2.44. The van der Waals surface area contributed by atoms with Gasteiger partial charge < -0.3 is 19.9 Å². The van der Waals surface area contributed by atoms with Crippen molar-refractivity contribution in [3.63, 3.8) is 0 Å². The predicted octanol–water partition coefficient (Wildman–Crippen LogP) is 4.44. The lowest BCUT2D eigenvalue weighted by Crippen LogP contribution is -2.54. The summed E-state index contributed by atoms with van der Waals surface area (Å²) in [6.07, 6.45) is 1.40. The average molecular weight is 444 g/mol. The standard InChI is InChI=1S/C23H26FN3O3S/c1-2-30-20-6-4-3-5-19(20)25-22(29)26-13-11-23(12-14-26)27(15-16-31-23)21(28)17-7-9-18(24)10-8-17/h3-10H,2,11-16H2,1H3,(H,25,29). The first-order valence-corrected chi connectivity index (χ1v) is 11.5. The number of benzene rings is 2. The Morgan fingerprint density at radius 2 is 1.81 bits per heavy atom. The van der Waals surface area contributed by atoms with E-state index in [9.17, 15) is 14.0 Å². The highest BCUT2D eigenvalue weighted by atomic mass is 32.2. The van der Waals surface area contributed by atoms with Crippen LogP contribution in [-0.4, -0.2) is 58.6 Å². The molecule has 0 bridgehead atoms. The molecule has 2 aliphatic heterocycles. The SMILES string of the molecule is CCOc1ccccc1NC(=O)N1CCC2(CC1)SCCN2C(=O)c1ccc(F)cc1. The lowest BCUT2D eigenvalue weighted by Gasteiger charge is -2.44. The maximum absolute atomic E-state index is 13.2. The van der Waals surface area contributed by atoms with Crippen molar-refractivity contribution in [3.8, 4) is 5.75 Å². The van der Waals surface area contributed by atoms with Gasteiger partial charge in [0.1, 0.15) is 11.6 Å². The third-order valence-corrected chi connectivity index (χ3v) is 7.33. The van der Waals surface area contributed by atoms with Crippen molar-refractivity contribution in [2.75, 3.05) is 37.3 Å². The average Bonchev–Trinajstić information content (AvgIpc) is 3.18. The summed E-state index contributed by atoms with van der Waals surface area (Å²) < 4.78 is 18.8. The number of thioether (sulfide) groups is 1. The number of hydrogen-bond donors (Lipinski definition) is 1. The van der Waals surface area contributed by atoms with E-state index in [0.29, 0.717) is 56.1 Å². The van der Waals surface area contributed by atoms with Gasteiger partial charge in [0.2, 0.25) is 0 Å². The number of anilines is 1. The fourth-order valence-corrected chi connectivity index (χ4v) is 5.62. The molecule has 1 N–H and O–H groups in total. The number of hydrogen-bond acceptors (Lipinski definition) is 4. The lowest BCUT2D eigenvalue weighted by atomic mass is 10.0. The number of likely N-dealkylation sites (tertiary alicyclic amines) is 1. The van der Waals surface area contributed by atoms with Gasteiger partial charge in [-0.15, -0.1) is 11.8 Å². The maximum Gasteiger partial charge on any atom is 0.321 e. The van der Waals surface area contributed by atoms with Crippen LogP contribution in [-0.2, 0) is 0 Å². The third-order valence-electron chi connectivity index (χ3n) is 5.77. The molecular weight excluding hydrogens is 417 g/mol. The van der Waals surface area contributed by atoms with Crippen LogP contribution in [0, 0.1) is 5.82 Å². The second-order valence-electron chi connectivity index (χ2n) is 7.60. The van der Waals surface area contributed by atoms with Gasteiger partial charge in [0.15, 0.2) is 0 Å². The number of rotatable bonds is 4. The Morgan fingerprint density at radius 3 is 2.52 bits per heavy atom. The van der Waals surface area contributed by atoms with Gasteiger partial charge in [0, 0.05) is 31.0 Å². The molecule has 2 saturated heterocycles. The zero-order valence-electron chi connectivity index (χ0n) is 17.5. The predicted molar refractivity (Wildman–Crippen MR) is 120 cm³/mol. The Hall–Kier alpha value is -2.74. The van der Waals surface area contributed by atoms with Crippen molar-refractivity contribution in [2.24, 2.45) is 0 Å². The van der Waals surface area contributed by atoms with Crippen LogP contribution in [0.2, 0.25) is 0 Å². The number of para-hydroxylation sites is 2. The molecule has 2 aliphatic rings. The molecule has 2 aromatic carbocycles. The quantitative estimate of drug-likeness (QED) is 0.759. The largest absolute Gasteiger partial charge is 0.492 e. The topological polar surface area (TPSA) is 61.9 Å². The first-order chi connectivity index (χ1) is 15.0. The number of carbonyl (C=O) groups is 2. The number of piperidine rings is 1. The van der Waals surface area contributed by atoms with Crippen LogP contribution in [0.5, 0.6) is 5.75 Å². The summed E-state index contributed by atoms with van der Waals surface area (Å²) in [7, 11) is 0. The van der Waals surface area contributed by atoms with Gasteiger partial charge in [-0.3, -0.25) is 4.79 Å². The summed E-state index contributed by atoms with van der Waals surface area (Å²) in [6.45, 7) is 4.20. The molecule has 4 rings (SSSR count). The summed E-state index contributed by atoms with van der Waals surface area (Å²) in [5.74, 6) is 1.08. The van der Waals surface area contributed by atoms with Gasteiger partial charge in [-0.05, 0) is 56.2 Å². The van der Waals surface area contributed by atoms with Crippen LogP contribution in [0.25, 0.3) is 0 Å². The number of nitrogens with one attached hydrogen (secondary N) is 1. The maximum atomic E-state index is 13.2. The molecule has 31 heavy (non-hydrogen) atoms. The van der Waals surface area contributed by atoms with Crippen LogP contribution in [0.4, 0.5) is 14.9 Å². The van der Waals surface area contributed by atoms with Crippen molar-refractivity contribution in [3.05, 3.63) is 59.9 Å². The number of urea groups is 1. The van der Waals surface area contributed by atoms with Crippen LogP contribution in [0.15, 0.2) is 48.5 Å². The van der Waals surface area contributed by atoms with Crippen molar-refractivity contribution in [1.82, 2.24) is 9.80 Å². The molecule has 0 radical (unpaired) electrons. The molecule has 0 unspecified atom stereocenters. The summed E-state index contributed by atoms with van der Waals surface area (Å²) in [5, 5.41) is 2.95. The Kier molecular flexibility index (Phi) is 6.36. The Labute approximate surface area is 185 Å². The van der Waals surface area contributed by atoms with E-state index >= 15 is 0 Å². The van der Waals surface area contributed by atoms with E-state index in [1.807, 2.05) is 36.1 Å². The Balaban J connectivity index is 1.41. The van der Waals surface area contributed by atoms with Crippen molar-refractivity contribution >= 4 is 29.4 Å². The molecular formula is C23H26FN3O3S. The Bertz CT molecular complexity index is 945. The monoisotopic (exact) mass is 443 g/mol. The second kappa shape index (κ2) is 9.18. The molecule has 164 valence electrons. The molecule has 8 heteroatoms. The molecule has 1 spiro atoms. The van der Waals surface area contributed by atoms with Gasteiger partial charge in [0.25, 0.3) is 5.91 Å². The zero-order chi connectivity index (χ0) is 21.8. The fraction of sp³-hybridized carbons (Fsp3) is 0.391. The summed E-state index contributed by atoms with van der Waals surface area (Å²) in [4.78, 5) is 29.3. The minimum atomic E-state index is -0.354. The molecule has 3 amide bonds. The lowest BCUT2D eigenvalue weighted by molar-refractivity contribution is 0.0585. The molecule has 2 fully saturated rings. The molecule has 2 aromatic rings. The molecule has 2 heterocycles. The highest BCUT2D eigenvalue weighted by molar-refractivity contribution is 8.00. The normalized spacial score (nSPS) is 17.6. The van der Waals surface area contributed by atoms with Gasteiger partial charge in [-0.25, -0.2) is 9.18 Å². The van der Waals surface area contributed by atoms with Gasteiger partial charge in [0.05, 0.1) is 17.2 Å². The van der Waals surface area contributed by atoms with E-state index in [0.717, 1.165) is 5.75 Å². The van der Waals surface area contributed by atoms with Crippen molar-refractivity contribution in [1.29, 1.82) is 0 Å². The number of halogens is 1. The van der Waals surface area contributed by atoms with Crippen LogP contribution >= 0.6 is 11.8 Å². The number of nitrogens with zero attached hydrogens (tertiary/aromatic N) is 2. The summed E-state index contributed by atoms with van der Waals surface area (Å²) >= 11 is 1.78. The van der Waals surface area contributed by atoms with Crippen molar-refractivity contribution < 1.29 is 18.7 Å². The molecule has 6 nitrogen and oxygen atoms in total. The van der Waals surface area contributed by atoms with E-state index in [-0.39, 0.29) is 22.6 Å². The summed E-state index contributed by atoms with van der Waals surface area (Å²) in [6, 6.07) is 12.9. The van der Waals surface area contributed by atoms with Crippen molar-refractivity contribution in [2.45, 2.75) is 24.6 Å². The smallest absolute Gasteiger partial charge is 0.321 e. The summed E-state index contributed by atoms with van der Waals surface area (Å²) in [5.41, 5.74) is 1.15. The molecule has 0 saturated carbocycles. The van der Waals surface area contributed by atoms with E-state index in [1.165, 1.54) is 24.3 Å². The highest BCUT2D eigenvalue weighted by Gasteiger charge is 2.47. The van der Waals surface area contributed by atoms with Gasteiger partial charge in [-0.2, -0.15) is 0 Å². The Morgan fingerprint density at radius 1 is 1.10 bits per heavy atom. The molecule has 0 aromatic heterocycles. The van der Waals surface area contributed by atoms with Crippen LogP contribution < -0.4 is 10.1 Å². The third kappa shape index (κ3) is 4.49. The molecule has 0 aliphatic carbocycles. The van der Waals surface area contributed by atoms with Crippen LogP contribution in [0.3, 0.4) is 0 Å². The van der Waals surface area contributed by atoms with Gasteiger partial charge >= 0.3 is 6.03 Å². The minimum absolute atomic E-state index is 0.0754. The van der Waals surface area contributed by atoms with Gasteiger partial charge in [-0.1, -0.05) is 12.1 Å². The van der Waals surface area contributed by atoms with E-state index in [2.05, 4.69) is 5.32 Å². The van der Waals surface area contributed by atoms with E-state index in [1.54, 1.807) is 16.7 Å². The molecule has 0 atom stereocenters. The first kappa shape index (κ1) is 21.5. The number of carbonyl (C=O) groups excluding carboxylic acids is 2. The van der Waals surface area contributed by atoms with E-state index < -0.39 is 0 Å². The fourth-order valence-electron chi connectivity index (χ4n) is 4.16.